The van der Waals surface area contributed by atoms with Crippen LogP contribution in [0.1, 0.15) is 30.0 Å². The van der Waals surface area contributed by atoms with Gasteiger partial charge in [-0.25, -0.2) is 4.39 Å². The predicted octanol–water partition coefficient (Wildman–Crippen LogP) is 4.22. The molecule has 164 valence electrons. The van der Waals surface area contributed by atoms with Gasteiger partial charge in [0.05, 0.1) is 18.7 Å². The molecule has 1 aliphatic rings. The summed E-state index contributed by atoms with van der Waals surface area (Å²) in [6, 6.07) is 8.00. The van der Waals surface area contributed by atoms with E-state index >= 15 is 0 Å². The molecule has 2 aromatic heterocycles. The highest BCUT2D eigenvalue weighted by molar-refractivity contribution is 7.14. The minimum absolute atomic E-state index is 0.0143. The molecule has 1 aromatic carbocycles. The van der Waals surface area contributed by atoms with Crippen LogP contribution in [0.25, 0.3) is 21.3 Å². The van der Waals surface area contributed by atoms with Crippen LogP contribution in [0, 0.1) is 12.8 Å². The van der Waals surface area contributed by atoms with Crippen molar-refractivity contribution in [1.82, 2.24) is 20.1 Å². The summed E-state index contributed by atoms with van der Waals surface area (Å²) in [5.74, 6) is -0.0545. The molecule has 0 spiro atoms. The zero-order valence-corrected chi connectivity index (χ0v) is 18.7. The van der Waals surface area contributed by atoms with Gasteiger partial charge in [0.15, 0.2) is 0 Å². The van der Waals surface area contributed by atoms with E-state index in [9.17, 15) is 9.18 Å². The van der Waals surface area contributed by atoms with Crippen LogP contribution in [0.15, 0.2) is 30.5 Å². The maximum Gasteiger partial charge on any atom is 0.228 e. The molecule has 1 unspecified atom stereocenters. The van der Waals surface area contributed by atoms with Crippen molar-refractivity contribution in [3.63, 3.8) is 0 Å². The number of carbonyl (C=O) groups excluding carboxylic acids is 1. The van der Waals surface area contributed by atoms with Gasteiger partial charge in [-0.3, -0.25) is 9.78 Å². The highest BCUT2D eigenvalue weighted by Crippen LogP contribution is 2.28. The molecule has 31 heavy (non-hydrogen) atoms. The van der Waals surface area contributed by atoms with Crippen molar-refractivity contribution in [2.24, 2.45) is 5.92 Å². The topological polar surface area (TPSA) is 68.2 Å². The molecule has 2 atom stereocenters. The molecule has 0 saturated carbocycles. The summed E-state index contributed by atoms with van der Waals surface area (Å²) < 4.78 is 19.6. The number of ether oxygens (including phenoxy) is 1. The Bertz CT molecular complexity index is 1060. The number of halogens is 1. The summed E-state index contributed by atoms with van der Waals surface area (Å²) in [6.45, 7) is 3.36. The molecule has 3 heterocycles. The number of likely N-dealkylation sites (tertiary alicyclic amines) is 1. The number of nitrogens with zero attached hydrogens (tertiary/aromatic N) is 4. The standard InChI is InChI=1S/C23H27FN4O2S/c1-15-26-27-23(31-15)17-5-6-18-13-25-20(11-19(18)10-17)12-22(29)28-8-7-16(21(24)14-28)4-3-9-30-2/h5-6,10-11,13,16,21H,3-4,7-9,12,14H2,1-2H3/t16?,21-/m0/s1. The molecule has 6 nitrogen and oxygen atoms in total. The number of carbonyl (C=O) groups is 1. The first-order valence-corrected chi connectivity index (χ1v) is 11.4. The third-order valence-corrected chi connectivity index (χ3v) is 6.72. The van der Waals surface area contributed by atoms with Gasteiger partial charge in [-0.1, -0.05) is 23.5 Å². The van der Waals surface area contributed by atoms with Gasteiger partial charge in [0, 0.05) is 37.4 Å². The number of aryl methyl sites for hydroxylation is 1. The Labute approximate surface area is 185 Å². The highest BCUT2D eigenvalue weighted by atomic mass is 32.1. The Balaban J connectivity index is 1.41. The Morgan fingerprint density at radius 3 is 2.90 bits per heavy atom. The van der Waals surface area contributed by atoms with Crippen molar-refractivity contribution in [3.8, 4) is 10.6 Å². The lowest BCUT2D eigenvalue weighted by atomic mass is 9.90. The van der Waals surface area contributed by atoms with E-state index in [1.54, 1.807) is 29.5 Å². The summed E-state index contributed by atoms with van der Waals surface area (Å²) in [4.78, 5) is 18.9. The number of hydrogen-bond acceptors (Lipinski definition) is 6. The predicted molar refractivity (Wildman–Crippen MR) is 120 cm³/mol. The fraction of sp³-hybridized carbons (Fsp3) is 0.478. The Hall–Kier alpha value is -2.45. The monoisotopic (exact) mass is 442 g/mol. The normalized spacial score (nSPS) is 19.1. The molecule has 0 bridgehead atoms. The summed E-state index contributed by atoms with van der Waals surface area (Å²) in [7, 11) is 1.66. The number of benzene rings is 1. The Morgan fingerprint density at radius 2 is 2.16 bits per heavy atom. The maximum absolute atomic E-state index is 14.6. The molecule has 1 fully saturated rings. The molecular formula is C23H27FN4O2S. The lowest BCUT2D eigenvalue weighted by molar-refractivity contribution is -0.133. The van der Waals surface area contributed by atoms with Crippen LogP contribution in [-0.4, -0.2) is 59.0 Å². The van der Waals surface area contributed by atoms with Gasteiger partial charge in [-0.2, -0.15) is 0 Å². The van der Waals surface area contributed by atoms with Gasteiger partial charge in [0.1, 0.15) is 16.2 Å². The number of rotatable bonds is 7. The van der Waals surface area contributed by atoms with Gasteiger partial charge >= 0.3 is 0 Å². The van der Waals surface area contributed by atoms with Crippen LogP contribution in [0.3, 0.4) is 0 Å². The quantitative estimate of drug-likeness (QED) is 0.513. The molecule has 1 amide bonds. The van der Waals surface area contributed by atoms with Crippen LogP contribution < -0.4 is 0 Å². The van der Waals surface area contributed by atoms with Crippen molar-refractivity contribution in [2.45, 2.75) is 38.8 Å². The lowest BCUT2D eigenvalue weighted by Gasteiger charge is -2.34. The van der Waals surface area contributed by atoms with E-state index in [4.69, 9.17) is 4.74 Å². The summed E-state index contributed by atoms with van der Waals surface area (Å²) in [5.41, 5.74) is 1.69. The molecule has 8 heteroatoms. The minimum Gasteiger partial charge on any atom is -0.385 e. The second kappa shape index (κ2) is 9.78. The molecule has 0 N–H and O–H groups in total. The van der Waals surface area contributed by atoms with Gasteiger partial charge in [-0.15, -0.1) is 10.2 Å². The van der Waals surface area contributed by atoms with E-state index < -0.39 is 6.17 Å². The second-order valence-electron chi connectivity index (χ2n) is 8.08. The molecule has 1 aliphatic heterocycles. The largest absolute Gasteiger partial charge is 0.385 e. The van der Waals surface area contributed by atoms with Gasteiger partial charge in [0.2, 0.25) is 5.91 Å². The first kappa shape index (κ1) is 21.8. The van der Waals surface area contributed by atoms with Crippen molar-refractivity contribution in [1.29, 1.82) is 0 Å². The molecule has 1 saturated heterocycles. The van der Waals surface area contributed by atoms with Crippen molar-refractivity contribution >= 4 is 28.0 Å². The zero-order chi connectivity index (χ0) is 21.8. The number of pyridine rings is 1. The average Bonchev–Trinajstić information content (AvgIpc) is 3.20. The van der Waals surface area contributed by atoms with Gasteiger partial charge in [0.25, 0.3) is 0 Å². The number of hydrogen-bond donors (Lipinski definition) is 0. The van der Waals surface area contributed by atoms with Crippen molar-refractivity contribution in [3.05, 3.63) is 41.2 Å². The minimum atomic E-state index is -0.975. The SMILES string of the molecule is COCCCC1CCN(C(=O)Cc2cc3cc(-c4nnc(C)s4)ccc3cn2)C[C@@H]1F. The van der Waals surface area contributed by atoms with Crippen LogP contribution >= 0.6 is 11.3 Å². The number of methoxy groups -OCH3 is 1. The van der Waals surface area contributed by atoms with E-state index in [2.05, 4.69) is 15.2 Å². The smallest absolute Gasteiger partial charge is 0.228 e. The number of piperidine rings is 1. The zero-order valence-electron chi connectivity index (χ0n) is 17.9. The third-order valence-electron chi connectivity index (χ3n) is 5.84. The molecule has 4 rings (SSSR count). The lowest BCUT2D eigenvalue weighted by Crippen LogP contribution is -2.45. The van der Waals surface area contributed by atoms with Crippen LogP contribution in [-0.2, 0) is 16.0 Å². The van der Waals surface area contributed by atoms with Crippen LogP contribution in [0.5, 0.6) is 0 Å². The van der Waals surface area contributed by atoms with Crippen molar-refractivity contribution in [2.75, 3.05) is 26.8 Å². The summed E-state index contributed by atoms with van der Waals surface area (Å²) in [5, 5.41) is 12.1. The average molecular weight is 443 g/mol. The first-order chi connectivity index (χ1) is 15.0. The fourth-order valence-corrected chi connectivity index (χ4v) is 4.78. The third kappa shape index (κ3) is 5.25. The van der Waals surface area contributed by atoms with E-state index in [0.29, 0.717) is 25.3 Å². The van der Waals surface area contributed by atoms with Crippen LogP contribution in [0.2, 0.25) is 0 Å². The summed E-state index contributed by atoms with van der Waals surface area (Å²) >= 11 is 1.55. The van der Waals surface area contributed by atoms with E-state index in [0.717, 1.165) is 39.2 Å². The van der Waals surface area contributed by atoms with Gasteiger partial charge in [-0.05, 0) is 49.6 Å². The van der Waals surface area contributed by atoms with E-state index in [1.807, 2.05) is 31.2 Å². The fourth-order valence-electron chi connectivity index (χ4n) is 4.09. The first-order valence-electron chi connectivity index (χ1n) is 10.6. The molecule has 3 aromatic rings. The number of alkyl halides is 1. The maximum atomic E-state index is 14.6. The number of amides is 1. The number of fused-ring (bicyclic) bond motifs is 1. The highest BCUT2D eigenvalue weighted by Gasteiger charge is 2.31. The van der Waals surface area contributed by atoms with E-state index in [-0.39, 0.29) is 24.8 Å². The second-order valence-corrected chi connectivity index (χ2v) is 9.26. The number of aromatic nitrogens is 3. The van der Waals surface area contributed by atoms with Gasteiger partial charge < -0.3 is 9.64 Å². The Kier molecular flexibility index (Phi) is 6.87. The summed E-state index contributed by atoms with van der Waals surface area (Å²) in [6.07, 6.45) is 3.35. The molecule has 0 aliphatic carbocycles. The van der Waals surface area contributed by atoms with Crippen LogP contribution in [0.4, 0.5) is 4.39 Å². The Morgan fingerprint density at radius 1 is 1.29 bits per heavy atom. The van der Waals surface area contributed by atoms with Crippen molar-refractivity contribution < 1.29 is 13.9 Å². The molecular weight excluding hydrogens is 415 g/mol. The molecule has 0 radical (unpaired) electrons. The van der Waals surface area contributed by atoms with E-state index in [1.165, 1.54) is 0 Å².